The van der Waals surface area contributed by atoms with Crippen LogP contribution in [-0.2, 0) is 10.2 Å². The van der Waals surface area contributed by atoms with Crippen LogP contribution in [0.15, 0.2) is 53.6 Å². The molecule has 2 N–H and O–H groups in total. The van der Waals surface area contributed by atoms with Crippen molar-refractivity contribution < 1.29 is 19.7 Å². The first kappa shape index (κ1) is 19.0. The first-order chi connectivity index (χ1) is 13.3. The molecule has 2 aromatic carbocycles. The fourth-order valence-electron chi connectivity index (χ4n) is 3.31. The number of aliphatic carboxylic acids is 1. The topological polar surface area (TPSA) is 148 Å². The highest BCUT2D eigenvalue weighted by Gasteiger charge is 2.45. The van der Waals surface area contributed by atoms with E-state index >= 15 is 0 Å². The molecular weight excluding hydrogens is 368 g/mol. The van der Waals surface area contributed by atoms with Crippen LogP contribution < -0.4 is 5.43 Å². The lowest BCUT2D eigenvalue weighted by Crippen LogP contribution is -2.33. The predicted octanol–water partition coefficient (Wildman–Crippen LogP) is 3.48. The molecule has 0 unspecified atom stereocenters. The summed E-state index contributed by atoms with van der Waals surface area (Å²) in [6.07, 6.45) is 0.935. The van der Waals surface area contributed by atoms with Gasteiger partial charge in [-0.1, -0.05) is 30.3 Å². The van der Waals surface area contributed by atoms with E-state index in [-0.39, 0.29) is 12.1 Å². The number of carboxylic acids is 1. The summed E-state index contributed by atoms with van der Waals surface area (Å²) in [5.74, 6) is -0.954. The molecule has 3 rings (SSSR count). The zero-order valence-corrected chi connectivity index (χ0v) is 14.6. The van der Waals surface area contributed by atoms with Gasteiger partial charge in [-0.2, -0.15) is 5.10 Å². The second kappa shape index (κ2) is 7.43. The molecule has 10 nitrogen and oxygen atoms in total. The van der Waals surface area contributed by atoms with Gasteiger partial charge in [-0.15, -0.1) is 0 Å². The molecule has 0 aliphatic heterocycles. The van der Waals surface area contributed by atoms with Crippen molar-refractivity contribution in [1.29, 1.82) is 0 Å². The SMILES string of the molecule is O=C(O)[C@@]1(c2ccccc2)CC/C(=N\Nc2ccc([N+](=O)[O-])cc2[N+](=O)[O-])C1. The van der Waals surface area contributed by atoms with Gasteiger partial charge in [-0.3, -0.25) is 30.4 Å². The minimum Gasteiger partial charge on any atom is -0.481 e. The number of hydrazone groups is 1. The second-order valence-electron chi connectivity index (χ2n) is 6.44. The summed E-state index contributed by atoms with van der Waals surface area (Å²) >= 11 is 0. The van der Waals surface area contributed by atoms with Crippen molar-refractivity contribution >= 4 is 28.7 Å². The molecule has 1 atom stereocenters. The van der Waals surface area contributed by atoms with Gasteiger partial charge in [0.2, 0.25) is 0 Å². The van der Waals surface area contributed by atoms with Gasteiger partial charge in [0, 0.05) is 18.2 Å². The first-order valence-electron chi connectivity index (χ1n) is 8.37. The summed E-state index contributed by atoms with van der Waals surface area (Å²) in [5.41, 5.74) is 1.81. The molecule has 2 aromatic rings. The quantitative estimate of drug-likeness (QED) is 0.572. The summed E-state index contributed by atoms with van der Waals surface area (Å²) in [5, 5.41) is 35.9. The number of benzene rings is 2. The summed E-state index contributed by atoms with van der Waals surface area (Å²) in [7, 11) is 0. The van der Waals surface area contributed by atoms with Crippen molar-refractivity contribution in [3.8, 4) is 0 Å². The summed E-state index contributed by atoms with van der Waals surface area (Å²) in [6.45, 7) is 0. The Morgan fingerprint density at radius 3 is 2.43 bits per heavy atom. The van der Waals surface area contributed by atoms with E-state index in [1.807, 2.05) is 0 Å². The number of carboxylic acid groups (broad SMARTS) is 1. The van der Waals surface area contributed by atoms with Crippen LogP contribution in [0, 0.1) is 20.2 Å². The van der Waals surface area contributed by atoms with E-state index in [1.54, 1.807) is 30.3 Å². The Labute approximate surface area is 158 Å². The van der Waals surface area contributed by atoms with Crippen molar-refractivity contribution in [3.63, 3.8) is 0 Å². The Balaban J connectivity index is 1.86. The maximum Gasteiger partial charge on any atom is 0.314 e. The van der Waals surface area contributed by atoms with Crippen LogP contribution in [0.5, 0.6) is 0 Å². The molecule has 1 aliphatic carbocycles. The zero-order valence-electron chi connectivity index (χ0n) is 14.6. The number of carbonyl (C=O) groups is 1. The van der Waals surface area contributed by atoms with Crippen molar-refractivity contribution in [2.24, 2.45) is 5.10 Å². The van der Waals surface area contributed by atoms with E-state index in [0.29, 0.717) is 24.1 Å². The van der Waals surface area contributed by atoms with Crippen LogP contribution in [0.1, 0.15) is 24.8 Å². The minimum atomic E-state index is -1.09. The highest BCUT2D eigenvalue weighted by atomic mass is 16.6. The van der Waals surface area contributed by atoms with Crippen molar-refractivity contribution in [2.75, 3.05) is 5.43 Å². The lowest BCUT2D eigenvalue weighted by molar-refractivity contribution is -0.393. The molecule has 144 valence electrons. The predicted molar refractivity (Wildman–Crippen MR) is 100 cm³/mol. The number of non-ortho nitro benzene ring substituents is 1. The van der Waals surface area contributed by atoms with Crippen LogP contribution in [0.25, 0.3) is 0 Å². The van der Waals surface area contributed by atoms with Crippen LogP contribution >= 0.6 is 0 Å². The van der Waals surface area contributed by atoms with Crippen LogP contribution in [0.4, 0.5) is 17.1 Å². The van der Waals surface area contributed by atoms with E-state index in [4.69, 9.17) is 0 Å². The van der Waals surface area contributed by atoms with E-state index in [1.165, 1.54) is 6.07 Å². The Bertz CT molecular complexity index is 975. The van der Waals surface area contributed by atoms with Gasteiger partial charge in [0.25, 0.3) is 5.69 Å². The van der Waals surface area contributed by atoms with Gasteiger partial charge in [0.15, 0.2) is 0 Å². The molecule has 1 fully saturated rings. The molecule has 0 bridgehead atoms. The molecule has 28 heavy (non-hydrogen) atoms. The number of rotatable bonds is 6. The van der Waals surface area contributed by atoms with Gasteiger partial charge in [0.1, 0.15) is 5.69 Å². The number of hydrogen-bond donors (Lipinski definition) is 2. The second-order valence-corrected chi connectivity index (χ2v) is 6.44. The normalized spacial score (nSPS) is 20.1. The molecule has 0 aromatic heterocycles. The minimum absolute atomic E-state index is 0.00404. The van der Waals surface area contributed by atoms with Crippen molar-refractivity contribution in [2.45, 2.75) is 24.7 Å². The van der Waals surface area contributed by atoms with Crippen LogP contribution in [0.3, 0.4) is 0 Å². The van der Waals surface area contributed by atoms with Gasteiger partial charge in [0.05, 0.1) is 21.3 Å². The molecule has 0 spiro atoms. The van der Waals surface area contributed by atoms with Gasteiger partial charge < -0.3 is 5.11 Å². The van der Waals surface area contributed by atoms with Gasteiger partial charge in [-0.05, 0) is 24.5 Å². The summed E-state index contributed by atoms with van der Waals surface area (Å²) < 4.78 is 0. The molecule has 0 saturated heterocycles. The monoisotopic (exact) mass is 384 g/mol. The average Bonchev–Trinajstić information content (AvgIpc) is 3.12. The Hall–Kier alpha value is -3.82. The Morgan fingerprint density at radius 2 is 1.82 bits per heavy atom. The fourth-order valence-corrected chi connectivity index (χ4v) is 3.31. The highest BCUT2D eigenvalue weighted by molar-refractivity contribution is 5.97. The first-order valence-corrected chi connectivity index (χ1v) is 8.37. The smallest absolute Gasteiger partial charge is 0.314 e. The molecular formula is C18H16N4O6. The molecule has 1 saturated carbocycles. The van der Waals surface area contributed by atoms with Crippen molar-refractivity contribution in [3.05, 3.63) is 74.3 Å². The number of nitrogens with one attached hydrogen (secondary N) is 1. The molecule has 0 amide bonds. The lowest BCUT2D eigenvalue weighted by atomic mass is 9.79. The number of nitro groups is 2. The zero-order chi connectivity index (χ0) is 20.3. The standard InChI is InChI=1S/C18H16N4O6/c23-17(24)18(12-4-2-1-3-5-12)9-8-13(11-18)19-20-15-7-6-14(21(25)26)10-16(15)22(27)28/h1-7,10,20H,8-9,11H2,(H,23,24)/b19-13+/t18-/m0/s1. The van der Waals surface area contributed by atoms with E-state index in [0.717, 1.165) is 12.1 Å². The molecule has 0 radical (unpaired) electrons. The largest absolute Gasteiger partial charge is 0.481 e. The number of anilines is 1. The van der Waals surface area contributed by atoms with E-state index in [2.05, 4.69) is 10.5 Å². The molecule has 10 heteroatoms. The number of nitro benzene ring substituents is 2. The Kier molecular flexibility index (Phi) is 5.03. The third-order valence-electron chi connectivity index (χ3n) is 4.81. The van der Waals surface area contributed by atoms with E-state index < -0.39 is 32.6 Å². The fraction of sp³-hybridized carbons (Fsp3) is 0.222. The lowest BCUT2D eigenvalue weighted by Gasteiger charge is -2.23. The molecule has 1 aliphatic rings. The molecule has 0 heterocycles. The maximum atomic E-state index is 12.0. The number of hydrogen-bond acceptors (Lipinski definition) is 7. The summed E-state index contributed by atoms with van der Waals surface area (Å²) in [6, 6.07) is 12.0. The summed E-state index contributed by atoms with van der Waals surface area (Å²) in [4.78, 5) is 32.5. The van der Waals surface area contributed by atoms with Gasteiger partial charge in [-0.25, -0.2) is 0 Å². The van der Waals surface area contributed by atoms with Crippen LogP contribution in [-0.4, -0.2) is 26.6 Å². The van der Waals surface area contributed by atoms with Crippen LogP contribution in [0.2, 0.25) is 0 Å². The maximum absolute atomic E-state index is 12.0. The number of nitrogens with zero attached hydrogens (tertiary/aromatic N) is 3. The van der Waals surface area contributed by atoms with Crippen molar-refractivity contribution in [1.82, 2.24) is 0 Å². The average molecular weight is 384 g/mol. The highest BCUT2D eigenvalue weighted by Crippen LogP contribution is 2.40. The third-order valence-corrected chi connectivity index (χ3v) is 4.81. The van der Waals surface area contributed by atoms with E-state index in [9.17, 15) is 30.1 Å². The third kappa shape index (κ3) is 3.52. The Morgan fingerprint density at radius 1 is 1.11 bits per heavy atom. The van der Waals surface area contributed by atoms with Gasteiger partial charge >= 0.3 is 11.7 Å².